The third-order valence-corrected chi connectivity index (χ3v) is 6.02. The fourth-order valence-corrected chi connectivity index (χ4v) is 4.03. The highest BCUT2D eigenvalue weighted by Crippen LogP contribution is 2.37. The predicted molar refractivity (Wildman–Crippen MR) is 104 cm³/mol. The van der Waals surface area contributed by atoms with Crippen LogP contribution in [0.5, 0.6) is 0 Å². The first kappa shape index (κ1) is 19.9. The Kier molecular flexibility index (Phi) is 5.63. The van der Waals surface area contributed by atoms with E-state index in [-0.39, 0.29) is 6.61 Å². The quantitative estimate of drug-likeness (QED) is 0.560. The van der Waals surface area contributed by atoms with Crippen LogP contribution in [0.1, 0.15) is 31.8 Å². The summed E-state index contributed by atoms with van der Waals surface area (Å²) < 4.78 is 5.52. The van der Waals surface area contributed by atoms with Crippen LogP contribution in [-0.4, -0.2) is 51.0 Å². The molecule has 1 aliphatic rings. The summed E-state index contributed by atoms with van der Waals surface area (Å²) in [6.07, 6.45) is -3.05. The lowest BCUT2D eigenvalue weighted by atomic mass is 9.81. The topological polar surface area (TPSA) is 83.8 Å². The van der Waals surface area contributed by atoms with Crippen LogP contribution in [-0.2, 0) is 4.74 Å². The highest BCUT2D eigenvalue weighted by Gasteiger charge is 2.59. The Morgan fingerprint density at radius 2 is 1.59 bits per heavy atom. The van der Waals surface area contributed by atoms with Crippen LogP contribution in [0.3, 0.4) is 0 Å². The van der Waals surface area contributed by atoms with Crippen molar-refractivity contribution < 1.29 is 24.5 Å². The van der Waals surface area contributed by atoms with Gasteiger partial charge in [-0.15, -0.1) is 0 Å². The molecule has 1 heterocycles. The van der Waals surface area contributed by atoms with Crippen LogP contribution >= 0.6 is 15.9 Å². The Balaban J connectivity index is 1.97. The Hall–Kier alpha value is -1.86. The lowest BCUT2D eigenvalue weighted by molar-refractivity contribution is -0.0672. The van der Waals surface area contributed by atoms with Gasteiger partial charge in [-0.2, -0.15) is 0 Å². The Morgan fingerprint density at radius 3 is 2.15 bits per heavy atom. The third kappa shape index (κ3) is 3.38. The van der Waals surface area contributed by atoms with Crippen molar-refractivity contribution in [1.29, 1.82) is 0 Å². The Morgan fingerprint density at radius 1 is 1.07 bits per heavy atom. The molecule has 0 bridgehead atoms. The molecule has 0 aliphatic carbocycles. The van der Waals surface area contributed by atoms with Crippen LogP contribution in [0.2, 0.25) is 0 Å². The summed E-state index contributed by atoms with van der Waals surface area (Å²) in [6.45, 7) is 3.52. The number of ether oxygens (including phenoxy) is 1. The first-order valence-electron chi connectivity index (χ1n) is 8.64. The molecule has 6 heteroatoms. The molecule has 2 aromatic carbocycles. The van der Waals surface area contributed by atoms with Crippen molar-refractivity contribution in [2.45, 2.75) is 36.5 Å². The largest absolute Gasteiger partial charge is 0.382 e. The van der Waals surface area contributed by atoms with Gasteiger partial charge in [-0.3, -0.25) is 9.59 Å². The number of halogens is 1. The second-order valence-corrected chi connectivity index (χ2v) is 7.92. The van der Waals surface area contributed by atoms with Crippen LogP contribution in [0.15, 0.2) is 48.5 Å². The van der Waals surface area contributed by atoms with Gasteiger partial charge < -0.3 is 14.9 Å². The van der Waals surface area contributed by atoms with Gasteiger partial charge >= 0.3 is 0 Å². The maximum atomic E-state index is 13.2. The number of carbonyl (C=O) groups excluding carboxylic acids is 2. The maximum Gasteiger partial charge on any atom is 0.198 e. The summed E-state index contributed by atoms with van der Waals surface area (Å²) in [5.41, 5.74) is -0.0124. The fraction of sp³-hybridized carbons (Fsp3) is 0.333. The van der Waals surface area contributed by atoms with Crippen molar-refractivity contribution in [3.63, 3.8) is 0 Å². The average Bonchev–Trinajstić information content (AvgIpc) is 2.97. The number of aliphatic hydroxyl groups excluding tert-OH is 1. The number of aliphatic hydroxyl groups is 2. The average molecular weight is 433 g/mol. The number of aryl methyl sites for hydroxylation is 2. The van der Waals surface area contributed by atoms with E-state index in [4.69, 9.17) is 4.74 Å². The van der Waals surface area contributed by atoms with Gasteiger partial charge in [0.15, 0.2) is 17.2 Å². The monoisotopic (exact) mass is 432 g/mol. The van der Waals surface area contributed by atoms with E-state index < -0.39 is 34.2 Å². The van der Waals surface area contributed by atoms with Gasteiger partial charge in [0.05, 0.1) is 11.4 Å². The molecule has 0 amide bonds. The molecule has 4 atom stereocenters. The van der Waals surface area contributed by atoms with Gasteiger partial charge in [0, 0.05) is 11.1 Å². The van der Waals surface area contributed by atoms with Crippen molar-refractivity contribution in [2.24, 2.45) is 0 Å². The van der Waals surface area contributed by atoms with E-state index in [9.17, 15) is 19.8 Å². The van der Waals surface area contributed by atoms with Crippen LogP contribution in [0.25, 0.3) is 0 Å². The standard InChI is InChI=1S/C21H21BrO5/c1-12-7-3-5-9-14(12)17(23)18(24)20-21(26,16(22)11-27-20)19(25)15-10-6-4-8-13(15)2/h3-10,16,18,20,24,26H,11H2,1-2H3/t16-,18?,20-,21-/m0/s1. The summed E-state index contributed by atoms with van der Waals surface area (Å²) >= 11 is 3.29. The van der Waals surface area contributed by atoms with Crippen molar-refractivity contribution in [2.75, 3.05) is 6.61 Å². The molecule has 142 valence electrons. The first-order valence-corrected chi connectivity index (χ1v) is 9.56. The molecule has 5 nitrogen and oxygen atoms in total. The molecule has 1 unspecified atom stereocenters. The lowest BCUT2D eigenvalue weighted by Gasteiger charge is -2.32. The molecule has 1 fully saturated rings. The van der Waals surface area contributed by atoms with Crippen molar-refractivity contribution in [1.82, 2.24) is 0 Å². The van der Waals surface area contributed by atoms with E-state index in [0.29, 0.717) is 22.3 Å². The predicted octanol–water partition coefficient (Wildman–Crippen LogP) is 2.62. The van der Waals surface area contributed by atoms with E-state index >= 15 is 0 Å². The molecule has 27 heavy (non-hydrogen) atoms. The summed E-state index contributed by atoms with van der Waals surface area (Å²) in [5, 5.41) is 22.0. The first-order chi connectivity index (χ1) is 12.8. The normalized spacial score (nSPS) is 26.0. The van der Waals surface area contributed by atoms with E-state index in [0.717, 1.165) is 0 Å². The van der Waals surface area contributed by atoms with Gasteiger partial charge in [-0.1, -0.05) is 64.5 Å². The van der Waals surface area contributed by atoms with E-state index in [2.05, 4.69) is 15.9 Å². The van der Waals surface area contributed by atoms with E-state index in [1.807, 2.05) is 0 Å². The summed E-state index contributed by atoms with van der Waals surface area (Å²) in [6, 6.07) is 13.7. The molecule has 0 saturated carbocycles. The molecule has 1 saturated heterocycles. The SMILES string of the molecule is Cc1ccccc1C(=O)C(O)[C@@H]1OC[C@H](Br)[C@]1(O)C(=O)c1ccccc1C. The number of hydrogen-bond acceptors (Lipinski definition) is 5. The van der Waals surface area contributed by atoms with Gasteiger partial charge in [0.2, 0.25) is 0 Å². The van der Waals surface area contributed by atoms with Crippen molar-refractivity contribution >= 4 is 27.5 Å². The molecule has 0 spiro atoms. The number of carbonyl (C=O) groups is 2. The Labute approximate surface area is 166 Å². The van der Waals surface area contributed by atoms with Crippen molar-refractivity contribution in [3.8, 4) is 0 Å². The zero-order valence-corrected chi connectivity index (χ0v) is 16.6. The van der Waals surface area contributed by atoms with Crippen LogP contribution in [0.4, 0.5) is 0 Å². The maximum absolute atomic E-state index is 13.2. The van der Waals surface area contributed by atoms with Gasteiger partial charge in [-0.05, 0) is 25.0 Å². The minimum atomic E-state index is -2.07. The summed E-state index contributed by atoms with van der Waals surface area (Å²) in [7, 11) is 0. The Bertz CT molecular complexity index is 880. The van der Waals surface area contributed by atoms with E-state index in [1.165, 1.54) is 0 Å². The molecular weight excluding hydrogens is 412 g/mol. The number of hydrogen-bond donors (Lipinski definition) is 2. The van der Waals surface area contributed by atoms with Gasteiger partial charge in [0.1, 0.15) is 12.2 Å². The second kappa shape index (κ2) is 7.64. The third-order valence-electron chi connectivity index (χ3n) is 5.05. The molecular formula is C21H21BrO5. The summed E-state index contributed by atoms with van der Waals surface area (Å²) in [4.78, 5) is 25.2. The fourth-order valence-electron chi connectivity index (χ4n) is 3.41. The second-order valence-electron chi connectivity index (χ2n) is 6.81. The zero-order valence-electron chi connectivity index (χ0n) is 15.1. The van der Waals surface area contributed by atoms with Crippen LogP contribution < -0.4 is 0 Å². The lowest BCUT2D eigenvalue weighted by Crippen LogP contribution is -2.57. The highest BCUT2D eigenvalue weighted by atomic mass is 79.9. The number of Topliss-reactive ketones (excluding diaryl/α,β-unsaturated/α-hetero) is 2. The van der Waals surface area contributed by atoms with Gasteiger partial charge in [-0.25, -0.2) is 0 Å². The summed E-state index contributed by atoms with van der Waals surface area (Å²) in [5.74, 6) is -1.17. The van der Waals surface area contributed by atoms with Crippen LogP contribution in [0, 0.1) is 13.8 Å². The molecule has 2 aromatic rings. The minimum Gasteiger partial charge on any atom is -0.382 e. The number of alkyl halides is 1. The van der Waals surface area contributed by atoms with E-state index in [1.54, 1.807) is 62.4 Å². The molecule has 1 aliphatic heterocycles. The number of rotatable bonds is 5. The van der Waals surface area contributed by atoms with Crippen molar-refractivity contribution in [3.05, 3.63) is 70.8 Å². The highest BCUT2D eigenvalue weighted by molar-refractivity contribution is 9.09. The number of ketones is 2. The zero-order chi connectivity index (χ0) is 19.8. The molecule has 2 N–H and O–H groups in total. The molecule has 0 radical (unpaired) electrons. The molecule has 0 aromatic heterocycles. The number of benzene rings is 2. The molecule has 3 rings (SSSR count). The minimum absolute atomic E-state index is 0.00308. The smallest absolute Gasteiger partial charge is 0.198 e. The van der Waals surface area contributed by atoms with Gasteiger partial charge in [0.25, 0.3) is 0 Å².